The smallest absolute Gasteiger partial charge is 0.0671 e. The van der Waals surface area contributed by atoms with E-state index in [1.165, 1.54) is 10.4 Å². The van der Waals surface area contributed by atoms with Crippen molar-refractivity contribution in [1.82, 2.24) is 5.32 Å². The first kappa shape index (κ1) is 14.1. The largest absolute Gasteiger partial charge is 0.306 e. The van der Waals surface area contributed by atoms with Gasteiger partial charge in [-0.1, -0.05) is 30.7 Å². The standard InChI is InChI=1S/C14H15BrClNS/c1-2-7-17-14(13-4-3-8-18-13)10-5-6-12(16)11(15)9-10/h3-6,8-9,14,17H,2,7H2,1H3. The molecule has 1 N–H and O–H groups in total. The summed E-state index contributed by atoms with van der Waals surface area (Å²) in [4.78, 5) is 1.33. The lowest BCUT2D eigenvalue weighted by Crippen LogP contribution is -2.22. The van der Waals surface area contributed by atoms with Crippen LogP contribution >= 0.6 is 38.9 Å². The van der Waals surface area contributed by atoms with E-state index < -0.39 is 0 Å². The molecule has 0 aliphatic rings. The summed E-state index contributed by atoms with van der Waals surface area (Å²) in [6.45, 7) is 3.18. The number of halogens is 2. The van der Waals surface area contributed by atoms with Crippen molar-refractivity contribution in [3.8, 4) is 0 Å². The number of benzene rings is 1. The van der Waals surface area contributed by atoms with Gasteiger partial charge in [-0.15, -0.1) is 11.3 Å². The van der Waals surface area contributed by atoms with Crippen LogP contribution in [0.2, 0.25) is 5.02 Å². The maximum Gasteiger partial charge on any atom is 0.0671 e. The van der Waals surface area contributed by atoms with E-state index in [0.29, 0.717) is 0 Å². The van der Waals surface area contributed by atoms with Crippen LogP contribution in [0.3, 0.4) is 0 Å². The van der Waals surface area contributed by atoms with Gasteiger partial charge >= 0.3 is 0 Å². The topological polar surface area (TPSA) is 12.0 Å². The highest BCUT2D eigenvalue weighted by Crippen LogP contribution is 2.30. The number of hydrogen-bond donors (Lipinski definition) is 1. The molecule has 0 bridgehead atoms. The van der Waals surface area contributed by atoms with Gasteiger partial charge in [0.25, 0.3) is 0 Å². The summed E-state index contributed by atoms with van der Waals surface area (Å²) in [7, 11) is 0. The molecule has 0 saturated carbocycles. The van der Waals surface area contributed by atoms with Gasteiger partial charge in [0.15, 0.2) is 0 Å². The van der Waals surface area contributed by atoms with Crippen LogP contribution < -0.4 is 5.32 Å². The molecule has 0 spiro atoms. The summed E-state index contributed by atoms with van der Waals surface area (Å²) in [5, 5.41) is 6.44. The Morgan fingerprint density at radius 2 is 2.22 bits per heavy atom. The molecule has 1 atom stereocenters. The van der Waals surface area contributed by atoms with Crippen molar-refractivity contribution in [3.05, 3.63) is 55.6 Å². The summed E-state index contributed by atoms with van der Waals surface area (Å²) in [5.74, 6) is 0. The minimum Gasteiger partial charge on any atom is -0.306 e. The molecule has 2 rings (SSSR count). The lowest BCUT2D eigenvalue weighted by Gasteiger charge is -2.18. The molecule has 4 heteroatoms. The SMILES string of the molecule is CCCNC(c1ccc(Cl)c(Br)c1)c1cccs1. The first-order valence-corrected chi connectivity index (χ1v) is 7.99. The first-order chi connectivity index (χ1) is 8.72. The summed E-state index contributed by atoms with van der Waals surface area (Å²) in [6, 6.07) is 10.6. The molecular formula is C14H15BrClNS. The van der Waals surface area contributed by atoms with Gasteiger partial charge in [-0.2, -0.15) is 0 Å². The second-order valence-corrected chi connectivity index (χ2v) is 6.32. The minimum absolute atomic E-state index is 0.249. The molecule has 0 amide bonds. The number of thiophene rings is 1. The lowest BCUT2D eigenvalue weighted by molar-refractivity contribution is 0.606. The van der Waals surface area contributed by atoms with Crippen LogP contribution in [0.15, 0.2) is 40.2 Å². The van der Waals surface area contributed by atoms with Crippen molar-refractivity contribution >= 4 is 38.9 Å². The molecule has 0 saturated heterocycles. The highest BCUT2D eigenvalue weighted by molar-refractivity contribution is 9.10. The van der Waals surface area contributed by atoms with Crippen LogP contribution in [0.25, 0.3) is 0 Å². The van der Waals surface area contributed by atoms with Gasteiger partial charge < -0.3 is 5.32 Å². The highest BCUT2D eigenvalue weighted by Gasteiger charge is 2.15. The van der Waals surface area contributed by atoms with Gasteiger partial charge in [-0.25, -0.2) is 0 Å². The fourth-order valence-electron chi connectivity index (χ4n) is 1.82. The first-order valence-electron chi connectivity index (χ1n) is 5.94. The Morgan fingerprint density at radius 3 is 2.83 bits per heavy atom. The maximum absolute atomic E-state index is 6.05. The molecule has 1 aromatic heterocycles. The number of nitrogens with one attached hydrogen (secondary N) is 1. The van der Waals surface area contributed by atoms with Crippen molar-refractivity contribution in [1.29, 1.82) is 0 Å². The molecule has 96 valence electrons. The van der Waals surface area contributed by atoms with Gasteiger partial charge in [-0.05, 0) is 58.0 Å². The third-order valence-electron chi connectivity index (χ3n) is 2.70. The Morgan fingerprint density at radius 1 is 1.39 bits per heavy atom. The molecule has 1 aromatic carbocycles. The summed E-state index contributed by atoms with van der Waals surface area (Å²) < 4.78 is 0.946. The second kappa shape index (κ2) is 6.71. The van der Waals surface area contributed by atoms with Crippen molar-refractivity contribution in [2.45, 2.75) is 19.4 Å². The minimum atomic E-state index is 0.249. The number of rotatable bonds is 5. The van der Waals surface area contributed by atoms with E-state index in [9.17, 15) is 0 Å². The molecule has 0 aliphatic carbocycles. The summed E-state index contributed by atoms with van der Waals surface area (Å²) in [5.41, 5.74) is 1.24. The number of hydrogen-bond acceptors (Lipinski definition) is 2. The van der Waals surface area contributed by atoms with E-state index in [1.54, 1.807) is 11.3 Å². The van der Waals surface area contributed by atoms with Crippen LogP contribution in [0.5, 0.6) is 0 Å². The third-order valence-corrected chi connectivity index (χ3v) is 4.85. The Kier molecular flexibility index (Phi) is 5.25. The van der Waals surface area contributed by atoms with E-state index in [-0.39, 0.29) is 6.04 Å². The third kappa shape index (κ3) is 3.35. The fraction of sp³-hybridized carbons (Fsp3) is 0.286. The van der Waals surface area contributed by atoms with E-state index in [2.05, 4.69) is 57.8 Å². The van der Waals surface area contributed by atoms with E-state index >= 15 is 0 Å². The van der Waals surface area contributed by atoms with Gasteiger partial charge in [0.05, 0.1) is 11.1 Å². The zero-order valence-corrected chi connectivity index (χ0v) is 13.3. The molecule has 18 heavy (non-hydrogen) atoms. The van der Waals surface area contributed by atoms with Crippen molar-refractivity contribution in [2.75, 3.05) is 6.54 Å². The average Bonchev–Trinajstić information content (AvgIpc) is 2.88. The summed E-state index contributed by atoms with van der Waals surface area (Å²) >= 11 is 11.3. The monoisotopic (exact) mass is 343 g/mol. The predicted octanol–water partition coefficient (Wildman–Crippen LogP) is 5.25. The molecule has 1 unspecified atom stereocenters. The Labute approximate surface area is 125 Å². The maximum atomic E-state index is 6.05. The second-order valence-electron chi connectivity index (χ2n) is 4.08. The normalized spacial score (nSPS) is 12.6. The zero-order valence-electron chi connectivity index (χ0n) is 10.1. The van der Waals surface area contributed by atoms with E-state index in [4.69, 9.17) is 11.6 Å². The molecular weight excluding hydrogens is 330 g/mol. The molecule has 1 heterocycles. The predicted molar refractivity (Wildman–Crippen MR) is 83.6 cm³/mol. The fourth-order valence-corrected chi connectivity index (χ4v) is 3.16. The van der Waals surface area contributed by atoms with Crippen molar-refractivity contribution in [2.24, 2.45) is 0 Å². The summed E-state index contributed by atoms with van der Waals surface area (Å²) in [6.07, 6.45) is 1.12. The molecule has 2 aromatic rings. The zero-order chi connectivity index (χ0) is 13.0. The molecule has 1 nitrogen and oxygen atoms in total. The van der Waals surface area contributed by atoms with E-state index in [0.717, 1.165) is 22.5 Å². The quantitative estimate of drug-likeness (QED) is 0.781. The van der Waals surface area contributed by atoms with Crippen LogP contribution in [0.4, 0.5) is 0 Å². The van der Waals surface area contributed by atoms with Gasteiger partial charge in [0, 0.05) is 9.35 Å². The lowest BCUT2D eigenvalue weighted by atomic mass is 10.1. The average molecular weight is 345 g/mol. The van der Waals surface area contributed by atoms with Crippen LogP contribution in [0, 0.1) is 0 Å². The highest BCUT2D eigenvalue weighted by atomic mass is 79.9. The van der Waals surface area contributed by atoms with Gasteiger partial charge in [-0.3, -0.25) is 0 Å². The van der Waals surface area contributed by atoms with Crippen LogP contribution in [0.1, 0.15) is 29.8 Å². The van der Waals surface area contributed by atoms with Crippen molar-refractivity contribution in [3.63, 3.8) is 0 Å². The Bertz CT molecular complexity index is 499. The molecule has 0 radical (unpaired) electrons. The Balaban J connectivity index is 2.30. The molecule has 0 fully saturated rings. The van der Waals surface area contributed by atoms with E-state index in [1.807, 2.05) is 6.07 Å². The van der Waals surface area contributed by atoms with Crippen molar-refractivity contribution < 1.29 is 0 Å². The van der Waals surface area contributed by atoms with Crippen LogP contribution in [-0.4, -0.2) is 6.54 Å². The van der Waals surface area contributed by atoms with Gasteiger partial charge in [0.2, 0.25) is 0 Å². The van der Waals surface area contributed by atoms with Gasteiger partial charge in [0.1, 0.15) is 0 Å². The molecule has 0 aliphatic heterocycles. The van der Waals surface area contributed by atoms with Crippen LogP contribution in [-0.2, 0) is 0 Å². The Hall–Kier alpha value is -0.350.